The van der Waals surface area contributed by atoms with Gasteiger partial charge >= 0.3 is 0 Å². The minimum atomic E-state index is 0.534. The third-order valence-electron chi connectivity index (χ3n) is 2.00. The molecule has 3 nitrogen and oxygen atoms in total. The summed E-state index contributed by atoms with van der Waals surface area (Å²) in [5.41, 5.74) is 1.91. The normalized spacial score (nSPS) is 9.39. The zero-order valence-electron chi connectivity index (χ0n) is 10.5. The highest BCUT2D eigenvalue weighted by Gasteiger charge is 1.98. The molecule has 1 rings (SSSR count). The lowest BCUT2D eigenvalue weighted by molar-refractivity contribution is 0.353. The summed E-state index contributed by atoms with van der Waals surface area (Å²) < 4.78 is 5.50. The Balaban J connectivity index is 2.46. The first-order chi connectivity index (χ1) is 8.61. The van der Waals surface area contributed by atoms with Gasteiger partial charge < -0.3 is 15.4 Å². The minimum absolute atomic E-state index is 0.534. The van der Waals surface area contributed by atoms with Crippen molar-refractivity contribution in [2.24, 2.45) is 0 Å². The molecule has 0 radical (unpaired) electrons. The zero-order valence-corrected chi connectivity index (χ0v) is 11.3. The SMILES string of the molecule is C=CCNC(=S)Nc1ccc(OCC(=C)C)cc1. The van der Waals surface area contributed by atoms with E-state index in [-0.39, 0.29) is 0 Å². The topological polar surface area (TPSA) is 33.3 Å². The Kier molecular flexibility index (Phi) is 5.94. The lowest BCUT2D eigenvalue weighted by atomic mass is 10.3. The van der Waals surface area contributed by atoms with Crippen LogP contribution in [0.15, 0.2) is 49.1 Å². The lowest BCUT2D eigenvalue weighted by Crippen LogP contribution is -2.28. The second kappa shape index (κ2) is 7.50. The molecule has 1 aromatic carbocycles. The van der Waals surface area contributed by atoms with Gasteiger partial charge in [0.2, 0.25) is 0 Å². The van der Waals surface area contributed by atoms with Crippen LogP contribution in [0.5, 0.6) is 5.75 Å². The van der Waals surface area contributed by atoms with Gasteiger partial charge in [-0.15, -0.1) is 6.58 Å². The fraction of sp³-hybridized carbons (Fsp3) is 0.214. The highest BCUT2D eigenvalue weighted by atomic mass is 32.1. The first-order valence-corrected chi connectivity index (χ1v) is 6.05. The van der Waals surface area contributed by atoms with Crippen molar-refractivity contribution >= 4 is 23.0 Å². The highest BCUT2D eigenvalue weighted by Crippen LogP contribution is 2.16. The molecule has 0 aliphatic carbocycles. The molecule has 0 aliphatic heterocycles. The van der Waals surface area contributed by atoms with E-state index >= 15 is 0 Å². The van der Waals surface area contributed by atoms with E-state index < -0.39 is 0 Å². The summed E-state index contributed by atoms with van der Waals surface area (Å²) in [5, 5.41) is 6.64. The molecule has 0 saturated heterocycles. The fourth-order valence-electron chi connectivity index (χ4n) is 1.18. The minimum Gasteiger partial charge on any atom is -0.489 e. The Morgan fingerprint density at radius 2 is 2.06 bits per heavy atom. The van der Waals surface area contributed by atoms with Gasteiger partial charge in [-0.25, -0.2) is 0 Å². The van der Waals surface area contributed by atoms with Gasteiger partial charge in [-0.3, -0.25) is 0 Å². The highest BCUT2D eigenvalue weighted by molar-refractivity contribution is 7.80. The number of hydrogen-bond acceptors (Lipinski definition) is 2. The zero-order chi connectivity index (χ0) is 13.4. The summed E-state index contributed by atoms with van der Waals surface area (Å²) in [4.78, 5) is 0. The summed E-state index contributed by atoms with van der Waals surface area (Å²) in [6.07, 6.45) is 1.75. The lowest BCUT2D eigenvalue weighted by Gasteiger charge is -2.10. The Labute approximate surface area is 114 Å². The van der Waals surface area contributed by atoms with Crippen LogP contribution >= 0.6 is 12.2 Å². The van der Waals surface area contributed by atoms with Crippen molar-refractivity contribution in [3.63, 3.8) is 0 Å². The molecule has 0 atom stereocenters. The smallest absolute Gasteiger partial charge is 0.171 e. The van der Waals surface area contributed by atoms with Crippen LogP contribution in [0, 0.1) is 0 Å². The van der Waals surface area contributed by atoms with Gasteiger partial charge in [0, 0.05) is 12.2 Å². The van der Waals surface area contributed by atoms with Crippen molar-refractivity contribution in [1.29, 1.82) is 0 Å². The van der Waals surface area contributed by atoms with E-state index in [0.717, 1.165) is 17.0 Å². The number of rotatable bonds is 6. The maximum Gasteiger partial charge on any atom is 0.171 e. The molecule has 18 heavy (non-hydrogen) atoms. The molecule has 0 aliphatic rings. The Morgan fingerprint density at radius 1 is 1.39 bits per heavy atom. The summed E-state index contributed by atoms with van der Waals surface area (Å²) in [6.45, 7) is 10.5. The van der Waals surface area contributed by atoms with Gasteiger partial charge in [0.05, 0.1) is 0 Å². The summed E-state index contributed by atoms with van der Waals surface area (Å²) in [5.74, 6) is 0.813. The average molecular weight is 262 g/mol. The van der Waals surface area contributed by atoms with Gasteiger partial charge in [0.1, 0.15) is 12.4 Å². The van der Waals surface area contributed by atoms with E-state index in [1.807, 2.05) is 31.2 Å². The number of ether oxygens (including phenoxy) is 1. The summed E-state index contributed by atoms with van der Waals surface area (Å²) >= 11 is 5.11. The molecule has 0 bridgehead atoms. The number of hydrogen-bond donors (Lipinski definition) is 2. The standard InChI is InChI=1S/C14H18N2OS/c1-4-9-15-14(18)16-12-5-7-13(8-6-12)17-10-11(2)3/h4-8H,1-2,9-10H2,3H3,(H2,15,16,18). The Hall–Kier alpha value is -1.81. The van der Waals surface area contributed by atoms with Gasteiger partial charge in [-0.1, -0.05) is 12.7 Å². The van der Waals surface area contributed by atoms with E-state index in [9.17, 15) is 0 Å². The van der Waals surface area contributed by atoms with E-state index in [0.29, 0.717) is 18.3 Å². The van der Waals surface area contributed by atoms with Gasteiger partial charge in [-0.2, -0.15) is 0 Å². The molecule has 0 fully saturated rings. The van der Waals surface area contributed by atoms with E-state index in [1.54, 1.807) is 6.08 Å². The number of anilines is 1. The largest absolute Gasteiger partial charge is 0.489 e. The molecular weight excluding hydrogens is 244 g/mol. The van der Waals surface area contributed by atoms with Crippen LogP contribution in [0.4, 0.5) is 5.69 Å². The predicted octanol–water partition coefficient (Wildman–Crippen LogP) is 3.11. The van der Waals surface area contributed by atoms with Crippen LogP contribution in [-0.4, -0.2) is 18.3 Å². The Bertz CT molecular complexity index is 426. The summed E-state index contributed by atoms with van der Waals surface area (Å²) in [6, 6.07) is 7.61. The van der Waals surface area contributed by atoms with E-state index in [1.165, 1.54) is 0 Å². The molecule has 0 heterocycles. The first-order valence-electron chi connectivity index (χ1n) is 5.65. The molecule has 0 aromatic heterocycles. The molecule has 1 aromatic rings. The van der Waals surface area contributed by atoms with Gasteiger partial charge in [0.25, 0.3) is 0 Å². The van der Waals surface area contributed by atoms with Crippen LogP contribution < -0.4 is 15.4 Å². The van der Waals surface area contributed by atoms with Crippen molar-refractivity contribution in [3.8, 4) is 5.75 Å². The molecule has 0 amide bonds. The van der Waals surface area contributed by atoms with Gasteiger partial charge in [0.15, 0.2) is 5.11 Å². The van der Waals surface area contributed by atoms with Crippen molar-refractivity contribution in [2.75, 3.05) is 18.5 Å². The van der Waals surface area contributed by atoms with E-state index in [4.69, 9.17) is 17.0 Å². The van der Waals surface area contributed by atoms with E-state index in [2.05, 4.69) is 23.8 Å². The van der Waals surface area contributed by atoms with Crippen molar-refractivity contribution in [3.05, 3.63) is 49.1 Å². The number of benzene rings is 1. The van der Waals surface area contributed by atoms with Crippen LogP contribution in [0.2, 0.25) is 0 Å². The molecule has 0 spiro atoms. The number of thiocarbonyl (C=S) groups is 1. The van der Waals surface area contributed by atoms with Crippen LogP contribution in [0.25, 0.3) is 0 Å². The third kappa shape index (κ3) is 5.50. The van der Waals surface area contributed by atoms with Crippen molar-refractivity contribution < 1.29 is 4.74 Å². The number of nitrogens with one attached hydrogen (secondary N) is 2. The molecule has 2 N–H and O–H groups in total. The average Bonchev–Trinajstić information content (AvgIpc) is 2.35. The van der Waals surface area contributed by atoms with Crippen LogP contribution in [0.1, 0.15) is 6.92 Å². The predicted molar refractivity (Wildman–Crippen MR) is 81.2 cm³/mol. The van der Waals surface area contributed by atoms with Crippen molar-refractivity contribution in [1.82, 2.24) is 5.32 Å². The Morgan fingerprint density at radius 3 is 2.61 bits per heavy atom. The van der Waals surface area contributed by atoms with Gasteiger partial charge in [-0.05, 0) is 49.0 Å². The van der Waals surface area contributed by atoms with Crippen LogP contribution in [-0.2, 0) is 0 Å². The summed E-state index contributed by atoms with van der Waals surface area (Å²) in [7, 11) is 0. The molecule has 0 saturated carbocycles. The molecule has 0 unspecified atom stereocenters. The van der Waals surface area contributed by atoms with Crippen molar-refractivity contribution in [2.45, 2.75) is 6.92 Å². The third-order valence-corrected chi connectivity index (χ3v) is 2.25. The quantitative estimate of drug-likeness (QED) is 0.609. The molecule has 4 heteroatoms. The fourth-order valence-corrected chi connectivity index (χ4v) is 1.38. The second-order valence-corrected chi connectivity index (χ2v) is 4.30. The molecular formula is C14H18N2OS. The monoisotopic (exact) mass is 262 g/mol. The maximum atomic E-state index is 5.50. The first kappa shape index (κ1) is 14.3. The van der Waals surface area contributed by atoms with Crippen LogP contribution in [0.3, 0.4) is 0 Å². The second-order valence-electron chi connectivity index (χ2n) is 3.89. The molecule has 96 valence electrons. The maximum absolute atomic E-state index is 5.50.